The minimum absolute atomic E-state index is 0.0761. The first-order valence-corrected chi connectivity index (χ1v) is 13.7. The molecule has 0 aromatic heterocycles. The second kappa shape index (κ2) is 11.7. The molecule has 8 nitrogen and oxygen atoms in total. The van der Waals surface area contributed by atoms with E-state index < -0.39 is 28.3 Å². The number of carbonyl (C=O) groups excluding carboxylic acids is 1. The molecule has 0 saturated heterocycles. The maximum atomic E-state index is 13.8. The fourth-order valence-corrected chi connectivity index (χ4v) is 5.63. The van der Waals surface area contributed by atoms with Crippen molar-refractivity contribution in [1.29, 1.82) is 0 Å². The normalized spacial score (nSPS) is 13.6. The van der Waals surface area contributed by atoms with Crippen molar-refractivity contribution >= 4 is 21.6 Å². The number of amides is 1. The molecule has 4 rings (SSSR count). The van der Waals surface area contributed by atoms with Crippen LogP contribution >= 0.6 is 0 Å². The van der Waals surface area contributed by atoms with Crippen LogP contribution in [0.4, 0.5) is 10.1 Å². The first-order valence-electron chi connectivity index (χ1n) is 12.3. The number of carbonyl (C=O) groups is 1. The summed E-state index contributed by atoms with van der Waals surface area (Å²) in [5, 5.41) is 2.98. The number of benzene rings is 3. The van der Waals surface area contributed by atoms with Crippen LogP contribution in [0.3, 0.4) is 0 Å². The molecule has 202 valence electrons. The van der Waals surface area contributed by atoms with Gasteiger partial charge in [-0.3, -0.25) is 9.10 Å². The topological polar surface area (TPSA) is 94.2 Å². The van der Waals surface area contributed by atoms with Crippen LogP contribution in [0.2, 0.25) is 0 Å². The third-order valence-corrected chi connectivity index (χ3v) is 7.83. The second-order valence-corrected chi connectivity index (χ2v) is 11.2. The van der Waals surface area contributed by atoms with Crippen LogP contribution in [-0.2, 0) is 14.8 Å². The number of halogens is 1. The van der Waals surface area contributed by atoms with Crippen LogP contribution in [0, 0.1) is 11.7 Å². The number of fused-ring (bicyclic) bond motifs is 1. The van der Waals surface area contributed by atoms with Crippen molar-refractivity contribution in [2.24, 2.45) is 5.92 Å². The highest BCUT2D eigenvalue weighted by atomic mass is 32.2. The fourth-order valence-electron chi connectivity index (χ4n) is 4.19. The molecule has 38 heavy (non-hydrogen) atoms. The van der Waals surface area contributed by atoms with E-state index in [0.29, 0.717) is 36.9 Å². The average molecular weight is 543 g/mol. The van der Waals surface area contributed by atoms with Gasteiger partial charge in [0.05, 0.1) is 23.7 Å². The molecule has 1 amide bonds. The molecule has 0 aliphatic carbocycles. The summed E-state index contributed by atoms with van der Waals surface area (Å²) in [6.45, 7) is 4.24. The zero-order valence-corrected chi connectivity index (χ0v) is 22.3. The molecule has 0 bridgehead atoms. The van der Waals surface area contributed by atoms with E-state index in [1.165, 1.54) is 30.3 Å². The number of anilines is 1. The largest absolute Gasteiger partial charge is 0.497 e. The predicted octanol–water partition coefficient (Wildman–Crippen LogP) is 4.70. The van der Waals surface area contributed by atoms with Gasteiger partial charge in [-0.2, -0.15) is 0 Å². The summed E-state index contributed by atoms with van der Waals surface area (Å²) < 4.78 is 58.5. The van der Waals surface area contributed by atoms with Crippen molar-refractivity contribution in [3.05, 3.63) is 78.1 Å². The van der Waals surface area contributed by atoms with Gasteiger partial charge in [0.2, 0.25) is 5.91 Å². The van der Waals surface area contributed by atoms with E-state index in [-0.39, 0.29) is 22.5 Å². The third-order valence-electron chi connectivity index (χ3n) is 6.06. The third kappa shape index (κ3) is 6.36. The highest BCUT2D eigenvalue weighted by Crippen LogP contribution is 2.34. The summed E-state index contributed by atoms with van der Waals surface area (Å²) in [4.78, 5) is 13.3. The first-order chi connectivity index (χ1) is 18.2. The van der Waals surface area contributed by atoms with Gasteiger partial charge in [-0.1, -0.05) is 26.0 Å². The Labute approximate surface area is 222 Å². The molecule has 0 unspecified atom stereocenters. The molecule has 0 fully saturated rings. The Kier molecular flexibility index (Phi) is 8.41. The Morgan fingerprint density at radius 3 is 2.29 bits per heavy atom. The number of nitrogens with zero attached hydrogens (tertiary/aromatic N) is 1. The molecule has 1 aliphatic heterocycles. The van der Waals surface area contributed by atoms with Crippen molar-refractivity contribution in [2.45, 2.75) is 31.2 Å². The quantitative estimate of drug-likeness (QED) is 0.399. The van der Waals surface area contributed by atoms with Gasteiger partial charge in [0.25, 0.3) is 10.0 Å². The molecule has 10 heteroatoms. The van der Waals surface area contributed by atoms with Crippen LogP contribution < -0.4 is 23.8 Å². The standard InChI is InChI=1S/C28H31FN2O6S/c1-19(2)16-25(20-4-10-23(35-3)11-5-20)30-28(32)18-31(22-8-6-21(29)7-9-22)38(33,34)24-12-13-26-27(17-24)37-15-14-36-26/h4-13,17,19,25H,14-16,18H2,1-3H3,(H,30,32)/t25-/m0/s1. The van der Waals surface area contributed by atoms with Crippen molar-refractivity contribution in [1.82, 2.24) is 5.32 Å². The lowest BCUT2D eigenvalue weighted by atomic mass is 9.97. The van der Waals surface area contributed by atoms with Gasteiger partial charge in [0.1, 0.15) is 31.3 Å². The van der Waals surface area contributed by atoms with Gasteiger partial charge >= 0.3 is 0 Å². The van der Waals surface area contributed by atoms with Crippen LogP contribution in [0.25, 0.3) is 0 Å². The highest BCUT2D eigenvalue weighted by molar-refractivity contribution is 7.92. The molecule has 1 heterocycles. The summed E-state index contributed by atoms with van der Waals surface area (Å²) in [7, 11) is -2.65. The molecule has 3 aromatic rings. The Morgan fingerprint density at radius 2 is 1.66 bits per heavy atom. The maximum Gasteiger partial charge on any atom is 0.264 e. The number of ether oxygens (including phenoxy) is 3. The molecule has 0 spiro atoms. The van der Waals surface area contributed by atoms with Crippen molar-refractivity contribution in [3.63, 3.8) is 0 Å². The first kappa shape index (κ1) is 27.3. The van der Waals surface area contributed by atoms with Crippen LogP contribution in [-0.4, -0.2) is 41.2 Å². The molecule has 3 aromatic carbocycles. The van der Waals surface area contributed by atoms with E-state index in [0.717, 1.165) is 22.0 Å². The smallest absolute Gasteiger partial charge is 0.264 e. The minimum Gasteiger partial charge on any atom is -0.497 e. The fraction of sp³-hybridized carbons (Fsp3) is 0.321. The summed E-state index contributed by atoms with van der Waals surface area (Å²) in [6, 6.07) is 16.3. The lowest BCUT2D eigenvalue weighted by molar-refractivity contribution is -0.120. The van der Waals surface area contributed by atoms with E-state index in [9.17, 15) is 17.6 Å². The van der Waals surface area contributed by atoms with Gasteiger partial charge in [-0.05, 0) is 66.4 Å². The molecular formula is C28H31FN2O6S. The zero-order chi connectivity index (χ0) is 27.3. The average Bonchev–Trinajstić information content (AvgIpc) is 2.91. The Bertz CT molecular complexity index is 1360. The number of nitrogens with one attached hydrogen (secondary N) is 1. The summed E-state index contributed by atoms with van der Waals surface area (Å²) in [5.74, 6) is 0.673. The van der Waals surface area contributed by atoms with E-state index in [4.69, 9.17) is 14.2 Å². The van der Waals surface area contributed by atoms with Gasteiger partial charge in [-0.25, -0.2) is 12.8 Å². The van der Waals surface area contributed by atoms with Gasteiger partial charge < -0.3 is 19.5 Å². The molecular weight excluding hydrogens is 511 g/mol. The number of rotatable bonds is 10. The van der Waals surface area contributed by atoms with E-state index in [2.05, 4.69) is 5.32 Å². The molecule has 0 saturated carbocycles. The van der Waals surface area contributed by atoms with Crippen molar-refractivity contribution < 1.29 is 31.8 Å². The zero-order valence-electron chi connectivity index (χ0n) is 21.5. The maximum absolute atomic E-state index is 13.8. The number of hydrogen-bond acceptors (Lipinski definition) is 6. The van der Waals surface area contributed by atoms with Crippen molar-refractivity contribution in [3.8, 4) is 17.2 Å². The monoisotopic (exact) mass is 542 g/mol. The second-order valence-electron chi connectivity index (χ2n) is 9.32. The lowest BCUT2D eigenvalue weighted by Gasteiger charge is -2.27. The van der Waals surface area contributed by atoms with E-state index in [1.54, 1.807) is 7.11 Å². The number of sulfonamides is 1. The molecule has 1 N–H and O–H groups in total. The number of methoxy groups -OCH3 is 1. The van der Waals surface area contributed by atoms with Crippen LogP contribution in [0.15, 0.2) is 71.6 Å². The van der Waals surface area contributed by atoms with Crippen LogP contribution in [0.5, 0.6) is 17.2 Å². The highest BCUT2D eigenvalue weighted by Gasteiger charge is 2.30. The van der Waals surface area contributed by atoms with Crippen LogP contribution in [0.1, 0.15) is 31.9 Å². The number of hydrogen-bond donors (Lipinski definition) is 1. The lowest BCUT2D eigenvalue weighted by Crippen LogP contribution is -2.42. The molecule has 1 aliphatic rings. The molecule has 0 radical (unpaired) electrons. The molecule has 1 atom stereocenters. The van der Waals surface area contributed by atoms with Gasteiger partial charge in [0, 0.05) is 6.07 Å². The Balaban J connectivity index is 1.63. The SMILES string of the molecule is COc1ccc([C@H](CC(C)C)NC(=O)CN(c2ccc(F)cc2)S(=O)(=O)c2ccc3c(c2)OCCO3)cc1. The van der Waals surface area contributed by atoms with Crippen molar-refractivity contribution in [2.75, 3.05) is 31.2 Å². The Morgan fingerprint density at radius 1 is 1.00 bits per heavy atom. The minimum atomic E-state index is -4.23. The summed E-state index contributed by atoms with van der Waals surface area (Å²) >= 11 is 0. The van der Waals surface area contributed by atoms with Gasteiger partial charge in [0.15, 0.2) is 11.5 Å². The summed E-state index contributed by atoms with van der Waals surface area (Å²) in [5.41, 5.74) is 1.03. The predicted molar refractivity (Wildman–Crippen MR) is 142 cm³/mol. The Hall–Kier alpha value is -3.79. The van der Waals surface area contributed by atoms with Gasteiger partial charge in [-0.15, -0.1) is 0 Å². The van der Waals surface area contributed by atoms with E-state index >= 15 is 0 Å². The summed E-state index contributed by atoms with van der Waals surface area (Å²) in [6.07, 6.45) is 0.642. The van der Waals surface area contributed by atoms with E-state index in [1.807, 2.05) is 38.1 Å².